The zero-order chi connectivity index (χ0) is 18.7. The van der Waals surface area contributed by atoms with Crippen LogP contribution in [0.2, 0.25) is 0 Å². The molecular weight excluding hydrogens is 332 g/mol. The van der Waals surface area contributed by atoms with Crippen molar-refractivity contribution in [3.63, 3.8) is 0 Å². The van der Waals surface area contributed by atoms with Crippen LogP contribution in [0.3, 0.4) is 0 Å². The standard InChI is InChI=1S/C18H20N6O2/c1-11-4-5-14(8-12(11)2)15-6-7-16-21-22-17(24(16)23-15)9-20-18(26)10-19-13(3)25/h4-8H,9-10H2,1-3H3,(H,19,25)(H,20,26). The number of carbonyl (C=O) groups is 2. The highest BCUT2D eigenvalue weighted by molar-refractivity contribution is 5.83. The van der Waals surface area contributed by atoms with Crippen LogP contribution in [0.25, 0.3) is 16.9 Å². The van der Waals surface area contributed by atoms with Crippen LogP contribution >= 0.6 is 0 Å². The molecule has 0 bridgehead atoms. The maximum Gasteiger partial charge on any atom is 0.239 e. The number of fused-ring (bicyclic) bond motifs is 1. The highest BCUT2D eigenvalue weighted by Crippen LogP contribution is 2.20. The van der Waals surface area contributed by atoms with E-state index in [9.17, 15) is 9.59 Å². The van der Waals surface area contributed by atoms with Crippen molar-refractivity contribution in [3.8, 4) is 11.3 Å². The van der Waals surface area contributed by atoms with Crippen LogP contribution in [-0.2, 0) is 16.1 Å². The normalized spacial score (nSPS) is 10.7. The molecule has 0 saturated carbocycles. The number of aryl methyl sites for hydroxylation is 2. The Bertz CT molecular complexity index is 979. The summed E-state index contributed by atoms with van der Waals surface area (Å²) >= 11 is 0. The summed E-state index contributed by atoms with van der Waals surface area (Å²) in [6.07, 6.45) is 0. The van der Waals surface area contributed by atoms with Crippen molar-refractivity contribution in [1.82, 2.24) is 30.4 Å². The predicted molar refractivity (Wildman–Crippen MR) is 96.2 cm³/mol. The van der Waals surface area contributed by atoms with Crippen LogP contribution in [0, 0.1) is 13.8 Å². The van der Waals surface area contributed by atoms with Gasteiger partial charge >= 0.3 is 0 Å². The van der Waals surface area contributed by atoms with Gasteiger partial charge < -0.3 is 10.6 Å². The van der Waals surface area contributed by atoms with Crippen molar-refractivity contribution < 1.29 is 9.59 Å². The number of amides is 2. The number of hydrogen-bond acceptors (Lipinski definition) is 5. The second kappa shape index (κ2) is 7.30. The summed E-state index contributed by atoms with van der Waals surface area (Å²) < 4.78 is 1.61. The third-order valence-electron chi connectivity index (χ3n) is 4.07. The Kier molecular flexibility index (Phi) is 4.92. The SMILES string of the molecule is CC(=O)NCC(=O)NCc1nnc2ccc(-c3ccc(C)c(C)c3)nn12. The molecule has 0 aliphatic rings. The molecule has 0 fully saturated rings. The molecule has 3 aromatic rings. The molecule has 0 saturated heterocycles. The fourth-order valence-corrected chi connectivity index (χ4v) is 2.44. The van der Waals surface area contributed by atoms with Gasteiger partial charge in [0.15, 0.2) is 11.5 Å². The summed E-state index contributed by atoms with van der Waals surface area (Å²) in [5.41, 5.74) is 4.82. The summed E-state index contributed by atoms with van der Waals surface area (Å²) in [5, 5.41) is 17.9. The van der Waals surface area contributed by atoms with E-state index in [1.807, 2.05) is 18.2 Å². The maximum atomic E-state index is 11.7. The molecule has 1 aromatic carbocycles. The van der Waals surface area contributed by atoms with Crippen molar-refractivity contribution in [2.45, 2.75) is 27.3 Å². The Morgan fingerprint density at radius 3 is 2.58 bits per heavy atom. The number of hydrogen-bond donors (Lipinski definition) is 2. The van der Waals surface area contributed by atoms with E-state index in [1.165, 1.54) is 18.1 Å². The molecule has 0 aliphatic heterocycles. The van der Waals surface area contributed by atoms with Crippen molar-refractivity contribution in [1.29, 1.82) is 0 Å². The molecule has 2 aromatic heterocycles. The minimum absolute atomic E-state index is 0.0760. The lowest BCUT2D eigenvalue weighted by molar-refractivity contribution is -0.125. The summed E-state index contributed by atoms with van der Waals surface area (Å²) in [5.74, 6) is -0.0445. The Hall–Kier alpha value is -3.29. The van der Waals surface area contributed by atoms with Gasteiger partial charge in [-0.25, -0.2) is 0 Å². The molecule has 0 radical (unpaired) electrons. The number of benzene rings is 1. The highest BCUT2D eigenvalue weighted by Gasteiger charge is 2.11. The van der Waals surface area contributed by atoms with Gasteiger partial charge in [-0.1, -0.05) is 12.1 Å². The molecule has 8 nitrogen and oxygen atoms in total. The lowest BCUT2D eigenvalue weighted by Gasteiger charge is -2.07. The number of carbonyl (C=O) groups excluding carboxylic acids is 2. The van der Waals surface area contributed by atoms with E-state index in [0.29, 0.717) is 11.5 Å². The Balaban J connectivity index is 1.81. The van der Waals surface area contributed by atoms with E-state index in [1.54, 1.807) is 4.52 Å². The third kappa shape index (κ3) is 3.85. The number of nitrogens with one attached hydrogen (secondary N) is 2. The molecule has 2 N–H and O–H groups in total. The van der Waals surface area contributed by atoms with Crippen LogP contribution in [0.5, 0.6) is 0 Å². The van der Waals surface area contributed by atoms with Crippen molar-refractivity contribution in [2.24, 2.45) is 0 Å². The lowest BCUT2D eigenvalue weighted by Crippen LogP contribution is -2.35. The fourth-order valence-electron chi connectivity index (χ4n) is 2.44. The largest absolute Gasteiger partial charge is 0.347 e. The molecule has 2 heterocycles. The second-order valence-corrected chi connectivity index (χ2v) is 6.09. The first-order chi connectivity index (χ1) is 12.4. The first-order valence-electron chi connectivity index (χ1n) is 8.24. The lowest BCUT2D eigenvalue weighted by atomic mass is 10.0. The monoisotopic (exact) mass is 352 g/mol. The molecule has 0 spiro atoms. The minimum atomic E-state index is -0.303. The van der Waals surface area contributed by atoms with E-state index in [2.05, 4.69) is 51.9 Å². The van der Waals surface area contributed by atoms with Crippen molar-refractivity contribution in [2.75, 3.05) is 6.54 Å². The van der Waals surface area contributed by atoms with E-state index in [4.69, 9.17) is 0 Å². The van der Waals surface area contributed by atoms with Crippen molar-refractivity contribution in [3.05, 3.63) is 47.3 Å². The molecule has 134 valence electrons. The molecule has 0 aliphatic carbocycles. The Morgan fingerprint density at radius 1 is 1.04 bits per heavy atom. The smallest absolute Gasteiger partial charge is 0.239 e. The fraction of sp³-hybridized carbons (Fsp3) is 0.278. The maximum absolute atomic E-state index is 11.7. The van der Waals surface area contributed by atoms with Gasteiger partial charge in [0.2, 0.25) is 11.8 Å². The van der Waals surface area contributed by atoms with Gasteiger partial charge in [0.25, 0.3) is 0 Å². The molecule has 8 heteroatoms. The van der Waals surface area contributed by atoms with Crippen LogP contribution in [0.1, 0.15) is 23.9 Å². The highest BCUT2D eigenvalue weighted by atomic mass is 16.2. The third-order valence-corrected chi connectivity index (χ3v) is 4.07. The van der Waals surface area contributed by atoms with E-state index >= 15 is 0 Å². The number of nitrogens with zero attached hydrogens (tertiary/aromatic N) is 4. The van der Waals surface area contributed by atoms with Gasteiger partial charge in [-0.3, -0.25) is 9.59 Å². The topological polar surface area (TPSA) is 101 Å². The zero-order valence-electron chi connectivity index (χ0n) is 14.9. The average Bonchev–Trinajstić information content (AvgIpc) is 3.02. The van der Waals surface area contributed by atoms with Crippen LogP contribution in [0.4, 0.5) is 0 Å². The Labute approximate surface area is 150 Å². The molecule has 2 amide bonds. The predicted octanol–water partition coefficient (Wildman–Crippen LogP) is 1.16. The van der Waals surface area contributed by atoms with Gasteiger partial charge in [-0.15, -0.1) is 10.2 Å². The first kappa shape index (κ1) is 17.5. The van der Waals surface area contributed by atoms with E-state index in [-0.39, 0.29) is 24.9 Å². The van der Waals surface area contributed by atoms with Crippen molar-refractivity contribution >= 4 is 17.5 Å². The summed E-state index contributed by atoms with van der Waals surface area (Å²) in [7, 11) is 0. The minimum Gasteiger partial charge on any atom is -0.347 e. The first-order valence-corrected chi connectivity index (χ1v) is 8.24. The number of aromatic nitrogens is 4. The van der Waals surface area contributed by atoms with Gasteiger partial charge in [-0.2, -0.15) is 9.61 Å². The van der Waals surface area contributed by atoms with Crippen LogP contribution in [-0.4, -0.2) is 38.2 Å². The van der Waals surface area contributed by atoms with E-state index in [0.717, 1.165) is 11.3 Å². The van der Waals surface area contributed by atoms with Crippen LogP contribution < -0.4 is 10.6 Å². The van der Waals surface area contributed by atoms with Gasteiger partial charge in [0.1, 0.15) is 0 Å². The van der Waals surface area contributed by atoms with Gasteiger partial charge in [0.05, 0.1) is 18.8 Å². The van der Waals surface area contributed by atoms with Gasteiger partial charge in [-0.05, 0) is 43.2 Å². The van der Waals surface area contributed by atoms with E-state index < -0.39 is 0 Å². The summed E-state index contributed by atoms with van der Waals surface area (Å²) in [6, 6.07) is 9.91. The second-order valence-electron chi connectivity index (χ2n) is 6.09. The molecule has 0 atom stereocenters. The molecule has 26 heavy (non-hydrogen) atoms. The molecule has 0 unspecified atom stereocenters. The quantitative estimate of drug-likeness (QED) is 0.717. The summed E-state index contributed by atoms with van der Waals surface area (Å²) in [4.78, 5) is 22.6. The number of rotatable bonds is 5. The molecular formula is C18H20N6O2. The zero-order valence-corrected chi connectivity index (χ0v) is 14.9. The Morgan fingerprint density at radius 2 is 1.85 bits per heavy atom. The average molecular weight is 352 g/mol. The summed E-state index contributed by atoms with van der Waals surface area (Å²) in [6.45, 7) is 5.58. The van der Waals surface area contributed by atoms with Crippen LogP contribution in [0.15, 0.2) is 30.3 Å². The molecule has 3 rings (SSSR count). The van der Waals surface area contributed by atoms with Gasteiger partial charge in [0, 0.05) is 12.5 Å².